The molecule has 1 unspecified atom stereocenters. The molecule has 0 saturated carbocycles. The van der Waals surface area contributed by atoms with Crippen LogP contribution < -0.4 is 10.6 Å². The van der Waals surface area contributed by atoms with Gasteiger partial charge in [-0.2, -0.15) is 5.10 Å². The number of carbonyl (C=O) groups is 1. The Morgan fingerprint density at radius 2 is 2.35 bits per heavy atom. The fraction of sp³-hybridized carbons (Fsp3) is 0.545. The molecule has 0 fully saturated rings. The van der Waals surface area contributed by atoms with Gasteiger partial charge < -0.3 is 15.4 Å². The van der Waals surface area contributed by atoms with Crippen LogP contribution in [-0.4, -0.2) is 42.4 Å². The number of nitrogens with one attached hydrogen (secondary N) is 2. The molecular formula is C11H18N4O2. The molecule has 0 bridgehead atoms. The first-order valence-corrected chi connectivity index (χ1v) is 5.46. The number of nitrogens with zero attached hydrogens (tertiary/aromatic N) is 2. The minimum atomic E-state index is -0.358. The van der Waals surface area contributed by atoms with Gasteiger partial charge in [0.15, 0.2) is 0 Å². The summed E-state index contributed by atoms with van der Waals surface area (Å²) in [6, 6.07) is 1.48. The first kappa shape index (κ1) is 13.4. The predicted molar refractivity (Wildman–Crippen MR) is 64.7 cm³/mol. The Hall–Kier alpha value is -1.69. The minimum Gasteiger partial charge on any atom is -0.383 e. The van der Waals surface area contributed by atoms with Crippen molar-refractivity contribution in [1.29, 1.82) is 0 Å². The summed E-state index contributed by atoms with van der Waals surface area (Å²) in [5.41, 5.74) is 0.995. The number of aromatic nitrogens is 2. The lowest BCUT2D eigenvalue weighted by Gasteiger charge is -2.14. The summed E-state index contributed by atoms with van der Waals surface area (Å²) in [5.74, 6) is 0.504. The van der Waals surface area contributed by atoms with Crippen molar-refractivity contribution in [2.24, 2.45) is 0 Å². The van der Waals surface area contributed by atoms with Gasteiger partial charge in [0.2, 0.25) is 5.91 Å². The van der Waals surface area contributed by atoms with E-state index in [2.05, 4.69) is 20.8 Å². The average molecular weight is 238 g/mol. The van der Waals surface area contributed by atoms with Crippen molar-refractivity contribution in [3.8, 4) is 0 Å². The highest BCUT2D eigenvalue weighted by molar-refractivity contribution is 5.83. The zero-order valence-electron chi connectivity index (χ0n) is 10.4. The summed E-state index contributed by atoms with van der Waals surface area (Å²) in [6.07, 6.45) is 1.66. The molecule has 1 amide bonds. The molecule has 1 aromatic heterocycles. The van der Waals surface area contributed by atoms with E-state index < -0.39 is 0 Å². The Balaban J connectivity index is 2.43. The molecule has 0 radical (unpaired) electrons. The van der Waals surface area contributed by atoms with Gasteiger partial charge in [-0.25, -0.2) is 0 Å². The van der Waals surface area contributed by atoms with Crippen LogP contribution in [0.3, 0.4) is 0 Å². The monoisotopic (exact) mass is 238 g/mol. The van der Waals surface area contributed by atoms with Crippen molar-refractivity contribution < 1.29 is 9.53 Å². The summed E-state index contributed by atoms with van der Waals surface area (Å²) in [7, 11) is 1.59. The van der Waals surface area contributed by atoms with E-state index in [0.29, 0.717) is 19.0 Å². The Bertz CT molecular complexity index is 370. The highest BCUT2D eigenvalue weighted by Gasteiger charge is 2.12. The van der Waals surface area contributed by atoms with Gasteiger partial charge in [0.25, 0.3) is 0 Å². The van der Waals surface area contributed by atoms with Crippen molar-refractivity contribution in [2.45, 2.75) is 19.9 Å². The van der Waals surface area contributed by atoms with Crippen LogP contribution >= 0.6 is 0 Å². The number of amides is 1. The summed E-state index contributed by atoms with van der Waals surface area (Å²) in [5, 5.41) is 13.4. The molecule has 0 aromatic carbocycles. The third kappa shape index (κ3) is 4.78. The Morgan fingerprint density at radius 3 is 3.00 bits per heavy atom. The van der Waals surface area contributed by atoms with E-state index in [1.165, 1.54) is 0 Å². The first-order chi connectivity index (χ1) is 8.13. The standard InChI is InChI=1S/C11H18N4O2/c1-8-6-10(15-13-7-8)14-9(2)11(16)12-4-5-17-3/h6-7,9H,4-5H2,1-3H3,(H,12,16)(H,14,15). The number of carbonyl (C=O) groups excluding carboxylic acids is 1. The fourth-order valence-electron chi connectivity index (χ4n) is 1.25. The van der Waals surface area contributed by atoms with Crippen molar-refractivity contribution in [2.75, 3.05) is 25.6 Å². The van der Waals surface area contributed by atoms with E-state index in [1.54, 1.807) is 20.2 Å². The van der Waals surface area contributed by atoms with E-state index in [-0.39, 0.29) is 11.9 Å². The predicted octanol–water partition coefficient (Wildman–Crippen LogP) is 0.348. The molecule has 2 N–H and O–H groups in total. The number of ether oxygens (including phenoxy) is 1. The second-order valence-electron chi connectivity index (χ2n) is 3.77. The van der Waals surface area contributed by atoms with Crippen LogP contribution in [0.25, 0.3) is 0 Å². The Kier molecular flexibility index (Phi) is 5.35. The van der Waals surface area contributed by atoms with Gasteiger partial charge in [-0.3, -0.25) is 4.79 Å². The molecule has 1 atom stereocenters. The van der Waals surface area contributed by atoms with Gasteiger partial charge in [0.05, 0.1) is 12.8 Å². The van der Waals surface area contributed by atoms with Gasteiger partial charge in [0, 0.05) is 13.7 Å². The number of aryl methyl sites for hydroxylation is 1. The molecule has 6 heteroatoms. The van der Waals surface area contributed by atoms with E-state index in [1.807, 2.05) is 13.0 Å². The van der Waals surface area contributed by atoms with Gasteiger partial charge in [-0.1, -0.05) is 0 Å². The molecule has 1 heterocycles. The van der Waals surface area contributed by atoms with E-state index in [9.17, 15) is 4.79 Å². The highest BCUT2D eigenvalue weighted by atomic mass is 16.5. The molecule has 17 heavy (non-hydrogen) atoms. The SMILES string of the molecule is COCCNC(=O)C(C)Nc1cc(C)cnn1. The normalized spacial score (nSPS) is 11.9. The fourth-order valence-corrected chi connectivity index (χ4v) is 1.25. The topological polar surface area (TPSA) is 76.1 Å². The van der Waals surface area contributed by atoms with Gasteiger partial charge >= 0.3 is 0 Å². The molecule has 1 aromatic rings. The zero-order chi connectivity index (χ0) is 12.7. The molecule has 94 valence electrons. The van der Waals surface area contributed by atoms with Crippen LogP contribution in [0, 0.1) is 6.92 Å². The number of hydrogen-bond donors (Lipinski definition) is 2. The van der Waals surface area contributed by atoms with Gasteiger partial charge in [0.1, 0.15) is 11.9 Å². The second kappa shape index (κ2) is 6.80. The first-order valence-electron chi connectivity index (χ1n) is 5.46. The highest BCUT2D eigenvalue weighted by Crippen LogP contribution is 2.04. The maximum absolute atomic E-state index is 11.6. The maximum Gasteiger partial charge on any atom is 0.242 e. The van der Waals surface area contributed by atoms with E-state index in [4.69, 9.17) is 4.74 Å². The summed E-state index contributed by atoms with van der Waals surface area (Å²) < 4.78 is 4.85. The lowest BCUT2D eigenvalue weighted by Crippen LogP contribution is -2.39. The van der Waals surface area contributed by atoms with Crippen LogP contribution in [-0.2, 0) is 9.53 Å². The molecule has 0 spiro atoms. The van der Waals surface area contributed by atoms with Crippen molar-refractivity contribution in [1.82, 2.24) is 15.5 Å². The summed E-state index contributed by atoms with van der Waals surface area (Å²) >= 11 is 0. The molecule has 0 aliphatic carbocycles. The van der Waals surface area contributed by atoms with Crippen LogP contribution in [0.4, 0.5) is 5.82 Å². The lowest BCUT2D eigenvalue weighted by atomic mass is 10.3. The number of rotatable bonds is 6. The summed E-state index contributed by atoms with van der Waals surface area (Å²) in [4.78, 5) is 11.6. The molecule has 1 rings (SSSR count). The molecular weight excluding hydrogens is 220 g/mol. The lowest BCUT2D eigenvalue weighted by molar-refractivity contribution is -0.121. The van der Waals surface area contributed by atoms with Crippen LogP contribution in [0.15, 0.2) is 12.3 Å². The van der Waals surface area contributed by atoms with Crippen molar-refractivity contribution in [3.63, 3.8) is 0 Å². The number of methoxy groups -OCH3 is 1. The smallest absolute Gasteiger partial charge is 0.242 e. The van der Waals surface area contributed by atoms with Crippen LogP contribution in [0.5, 0.6) is 0 Å². The van der Waals surface area contributed by atoms with E-state index in [0.717, 1.165) is 5.56 Å². The largest absolute Gasteiger partial charge is 0.383 e. The van der Waals surface area contributed by atoms with Crippen LogP contribution in [0.1, 0.15) is 12.5 Å². The number of anilines is 1. The van der Waals surface area contributed by atoms with Crippen LogP contribution in [0.2, 0.25) is 0 Å². The third-order valence-electron chi connectivity index (χ3n) is 2.15. The Morgan fingerprint density at radius 1 is 1.59 bits per heavy atom. The zero-order valence-corrected chi connectivity index (χ0v) is 10.4. The molecule has 0 aliphatic heterocycles. The van der Waals surface area contributed by atoms with E-state index >= 15 is 0 Å². The quantitative estimate of drug-likeness (QED) is 0.699. The number of hydrogen-bond acceptors (Lipinski definition) is 5. The van der Waals surface area contributed by atoms with Gasteiger partial charge in [-0.15, -0.1) is 5.10 Å². The van der Waals surface area contributed by atoms with Crippen molar-refractivity contribution in [3.05, 3.63) is 17.8 Å². The molecule has 0 saturated heterocycles. The van der Waals surface area contributed by atoms with Gasteiger partial charge in [-0.05, 0) is 25.5 Å². The maximum atomic E-state index is 11.6. The average Bonchev–Trinajstić information content (AvgIpc) is 2.29. The summed E-state index contributed by atoms with van der Waals surface area (Å²) in [6.45, 7) is 4.69. The second-order valence-corrected chi connectivity index (χ2v) is 3.77. The molecule has 0 aliphatic rings. The Labute approximate surface area is 101 Å². The third-order valence-corrected chi connectivity index (χ3v) is 2.15. The minimum absolute atomic E-state index is 0.0923. The van der Waals surface area contributed by atoms with Crippen molar-refractivity contribution >= 4 is 11.7 Å². The molecule has 6 nitrogen and oxygen atoms in total.